The number of aromatic nitrogens is 3. The molecule has 0 bridgehead atoms. The summed E-state index contributed by atoms with van der Waals surface area (Å²) in [5.41, 5.74) is 12.1. The summed E-state index contributed by atoms with van der Waals surface area (Å²) in [6.45, 7) is 3.43. The van der Waals surface area contributed by atoms with E-state index in [1.807, 2.05) is 24.6 Å². The number of hydrogen-bond donors (Lipinski definition) is 1. The van der Waals surface area contributed by atoms with Crippen molar-refractivity contribution < 1.29 is 18.3 Å². The van der Waals surface area contributed by atoms with Gasteiger partial charge in [0.15, 0.2) is 0 Å². The average molecular weight is 414 g/mol. The third-order valence-electron chi connectivity index (χ3n) is 5.34. The van der Waals surface area contributed by atoms with E-state index >= 15 is 0 Å². The highest BCUT2D eigenvalue weighted by Crippen LogP contribution is 2.33. The van der Waals surface area contributed by atoms with Crippen LogP contribution in [0.2, 0.25) is 0 Å². The van der Waals surface area contributed by atoms with E-state index < -0.39 is 6.61 Å². The van der Waals surface area contributed by atoms with Crippen LogP contribution in [0.5, 0.6) is 5.75 Å². The van der Waals surface area contributed by atoms with E-state index in [1.165, 1.54) is 0 Å². The molecule has 1 aliphatic heterocycles. The minimum atomic E-state index is -2.86. The summed E-state index contributed by atoms with van der Waals surface area (Å²) < 4.78 is 37.6. The molecule has 2 N–H and O–H groups in total. The average Bonchev–Trinajstić information content (AvgIpc) is 2.92. The minimum Gasteiger partial charge on any atom is -0.435 e. The van der Waals surface area contributed by atoms with Crippen LogP contribution in [0.15, 0.2) is 30.5 Å². The van der Waals surface area contributed by atoms with Gasteiger partial charge in [-0.05, 0) is 62.6 Å². The van der Waals surface area contributed by atoms with E-state index in [1.54, 1.807) is 31.3 Å². The number of pyridine rings is 1. The molecule has 0 spiro atoms. The Hall–Kier alpha value is -3.00. The zero-order chi connectivity index (χ0) is 21.4. The Labute approximate surface area is 173 Å². The molecule has 3 heterocycles. The number of anilines is 1. The van der Waals surface area contributed by atoms with E-state index in [-0.39, 0.29) is 11.9 Å². The second kappa shape index (κ2) is 8.02. The van der Waals surface area contributed by atoms with Gasteiger partial charge in [-0.2, -0.15) is 13.9 Å². The van der Waals surface area contributed by atoms with E-state index in [4.69, 9.17) is 15.6 Å². The van der Waals surface area contributed by atoms with Gasteiger partial charge in [0.1, 0.15) is 11.6 Å². The minimum absolute atomic E-state index is 0.0448. The molecule has 158 valence electrons. The summed E-state index contributed by atoms with van der Waals surface area (Å²) in [5, 5.41) is 4.90. The second-order valence-electron chi connectivity index (χ2n) is 7.58. The Morgan fingerprint density at radius 1 is 1.23 bits per heavy atom. The van der Waals surface area contributed by atoms with Crippen LogP contribution in [-0.4, -0.2) is 34.1 Å². The van der Waals surface area contributed by atoms with E-state index in [9.17, 15) is 8.78 Å². The van der Waals surface area contributed by atoms with Gasteiger partial charge in [-0.1, -0.05) is 0 Å². The largest absolute Gasteiger partial charge is 0.435 e. The summed E-state index contributed by atoms with van der Waals surface area (Å²) >= 11 is 0. The number of aryl methyl sites for hydroxylation is 2. The number of ether oxygens (including phenoxy) is 2. The first-order chi connectivity index (χ1) is 14.3. The molecule has 0 saturated heterocycles. The molecule has 1 aromatic carbocycles. The predicted molar refractivity (Wildman–Crippen MR) is 110 cm³/mol. The lowest BCUT2D eigenvalue weighted by molar-refractivity contribution is -0.0502. The first-order valence-corrected chi connectivity index (χ1v) is 9.84. The molecule has 0 unspecified atom stereocenters. The van der Waals surface area contributed by atoms with Crippen molar-refractivity contribution in [2.24, 2.45) is 0 Å². The standard InChI is InChI=1S/C22H24F2N4O2/c1-12-9-16(4-5-19(12)30-22(23)24)28-18-10-14(3)29-7-6-17(18)20(27-28)15-8-13(2)21(25)26-11-15/h4-5,8-9,11,14,22H,6-7,10H2,1-3H3,(H2,25,26)/t14-/m1/s1. The van der Waals surface area contributed by atoms with Gasteiger partial charge in [0, 0.05) is 23.7 Å². The molecule has 8 heteroatoms. The second-order valence-corrected chi connectivity index (χ2v) is 7.58. The van der Waals surface area contributed by atoms with Crippen LogP contribution >= 0.6 is 0 Å². The molecule has 0 aliphatic carbocycles. The number of halogens is 2. The Balaban J connectivity index is 1.85. The maximum Gasteiger partial charge on any atom is 0.387 e. The first-order valence-electron chi connectivity index (χ1n) is 9.84. The lowest BCUT2D eigenvalue weighted by Gasteiger charge is -2.13. The molecular formula is C22H24F2N4O2. The van der Waals surface area contributed by atoms with Gasteiger partial charge in [0.05, 0.1) is 29.8 Å². The Morgan fingerprint density at radius 3 is 2.73 bits per heavy atom. The van der Waals surface area contributed by atoms with Crippen molar-refractivity contribution in [3.8, 4) is 22.7 Å². The summed E-state index contributed by atoms with van der Waals surface area (Å²) in [6, 6.07) is 7.08. The lowest BCUT2D eigenvalue weighted by Crippen LogP contribution is -2.13. The monoisotopic (exact) mass is 414 g/mol. The van der Waals surface area contributed by atoms with E-state index in [0.717, 1.165) is 40.2 Å². The van der Waals surface area contributed by atoms with Crippen molar-refractivity contribution in [2.75, 3.05) is 12.3 Å². The Morgan fingerprint density at radius 2 is 2.03 bits per heavy atom. The molecule has 6 nitrogen and oxygen atoms in total. The smallest absolute Gasteiger partial charge is 0.387 e. The topological polar surface area (TPSA) is 75.2 Å². The summed E-state index contributed by atoms with van der Waals surface area (Å²) in [5.74, 6) is 0.647. The maximum absolute atomic E-state index is 12.6. The number of benzene rings is 1. The molecule has 0 amide bonds. The van der Waals surface area contributed by atoms with Gasteiger partial charge < -0.3 is 15.2 Å². The summed E-state index contributed by atoms with van der Waals surface area (Å²) in [7, 11) is 0. The number of nitrogen functional groups attached to an aromatic ring is 1. The van der Waals surface area contributed by atoms with Crippen LogP contribution in [0.4, 0.5) is 14.6 Å². The predicted octanol–water partition coefficient (Wildman–Crippen LogP) is 4.24. The maximum atomic E-state index is 12.6. The van der Waals surface area contributed by atoms with Gasteiger partial charge in [-0.3, -0.25) is 0 Å². The molecule has 1 atom stereocenters. The fourth-order valence-electron chi connectivity index (χ4n) is 3.80. The molecule has 4 rings (SSSR count). The fraction of sp³-hybridized carbons (Fsp3) is 0.364. The molecule has 2 aromatic heterocycles. The first kappa shape index (κ1) is 20.3. The number of rotatable bonds is 4. The van der Waals surface area contributed by atoms with Crippen LogP contribution in [0, 0.1) is 13.8 Å². The zero-order valence-electron chi connectivity index (χ0n) is 17.2. The van der Waals surface area contributed by atoms with Crippen molar-refractivity contribution in [1.29, 1.82) is 0 Å². The van der Waals surface area contributed by atoms with Gasteiger partial charge in [-0.25, -0.2) is 9.67 Å². The van der Waals surface area contributed by atoms with Gasteiger partial charge in [0.25, 0.3) is 0 Å². The van der Waals surface area contributed by atoms with Crippen molar-refractivity contribution in [3.63, 3.8) is 0 Å². The molecule has 1 aliphatic rings. The number of fused-ring (bicyclic) bond motifs is 1. The summed E-state index contributed by atoms with van der Waals surface area (Å²) in [6.07, 6.45) is 3.19. The quantitative estimate of drug-likeness (QED) is 0.691. The molecule has 3 aromatic rings. The number of nitrogens with zero attached hydrogens (tertiary/aromatic N) is 3. The molecule has 0 radical (unpaired) electrons. The van der Waals surface area contributed by atoms with Crippen LogP contribution in [0.3, 0.4) is 0 Å². The number of nitrogens with two attached hydrogens (primary N) is 1. The van der Waals surface area contributed by atoms with E-state index in [2.05, 4.69) is 9.72 Å². The molecule has 30 heavy (non-hydrogen) atoms. The van der Waals surface area contributed by atoms with Crippen LogP contribution in [0.25, 0.3) is 16.9 Å². The van der Waals surface area contributed by atoms with Crippen molar-refractivity contribution >= 4 is 5.82 Å². The zero-order valence-corrected chi connectivity index (χ0v) is 17.2. The summed E-state index contributed by atoms with van der Waals surface area (Å²) in [4.78, 5) is 4.29. The number of alkyl halides is 2. The van der Waals surface area contributed by atoms with Crippen molar-refractivity contribution in [3.05, 3.63) is 52.8 Å². The van der Waals surface area contributed by atoms with Crippen LogP contribution in [-0.2, 0) is 17.6 Å². The number of hydrogen-bond acceptors (Lipinski definition) is 5. The Bertz CT molecular complexity index is 1080. The Kier molecular flexibility index (Phi) is 5.42. The highest BCUT2D eigenvalue weighted by molar-refractivity contribution is 5.67. The highest BCUT2D eigenvalue weighted by atomic mass is 19.3. The molecular weight excluding hydrogens is 390 g/mol. The SMILES string of the molecule is Cc1cc(-n2nc(-c3cnc(N)c(C)c3)c3c2C[C@@H](C)OCC3)ccc1OC(F)F. The molecule has 0 fully saturated rings. The van der Waals surface area contributed by atoms with Gasteiger partial charge in [0.2, 0.25) is 0 Å². The lowest BCUT2D eigenvalue weighted by atomic mass is 10.0. The fourth-order valence-corrected chi connectivity index (χ4v) is 3.80. The van der Waals surface area contributed by atoms with Crippen LogP contribution < -0.4 is 10.5 Å². The van der Waals surface area contributed by atoms with Crippen LogP contribution in [0.1, 0.15) is 29.3 Å². The normalized spacial score (nSPS) is 16.4. The third-order valence-corrected chi connectivity index (χ3v) is 5.34. The van der Waals surface area contributed by atoms with Gasteiger partial charge >= 0.3 is 6.61 Å². The van der Waals surface area contributed by atoms with Crippen molar-refractivity contribution in [1.82, 2.24) is 14.8 Å². The van der Waals surface area contributed by atoms with Crippen molar-refractivity contribution in [2.45, 2.75) is 46.3 Å². The highest BCUT2D eigenvalue weighted by Gasteiger charge is 2.25. The van der Waals surface area contributed by atoms with Gasteiger partial charge in [-0.15, -0.1) is 0 Å². The molecule has 0 saturated carbocycles. The third kappa shape index (κ3) is 3.87. The van der Waals surface area contributed by atoms with E-state index in [0.29, 0.717) is 24.4 Å².